The normalized spacial score (nSPS) is 26.3. The number of benzene rings is 4. The van der Waals surface area contributed by atoms with E-state index in [1.54, 1.807) is 60.7 Å². The quantitative estimate of drug-likeness (QED) is 0.0643. The molecule has 10 atom stereocenters. The van der Waals surface area contributed by atoms with Gasteiger partial charge in [-0.2, -0.15) is 0 Å². The summed E-state index contributed by atoms with van der Waals surface area (Å²) in [6.45, 7) is 0.757. The number of aliphatic hydroxyl groups is 8. The Hall–Kier alpha value is -4.98. The lowest BCUT2D eigenvalue weighted by Gasteiger charge is -2.39. The summed E-state index contributed by atoms with van der Waals surface area (Å²) in [6.07, 6.45) is -12.7. The first kappa shape index (κ1) is 46.5. The molecule has 0 saturated carbocycles. The molecular formula is C46H54O16. The van der Waals surface area contributed by atoms with Crippen LogP contribution in [0.1, 0.15) is 60.8 Å². The number of aliphatic carboxylic acids is 2. The Bertz CT molecular complexity index is 1990. The molecule has 0 aromatic heterocycles. The van der Waals surface area contributed by atoms with Crippen LogP contribution in [0.5, 0.6) is 11.5 Å². The monoisotopic (exact) mass is 862 g/mol. The van der Waals surface area contributed by atoms with Crippen LogP contribution in [0, 0.1) is 0 Å². The lowest BCUT2D eigenvalue weighted by atomic mass is 9.84. The summed E-state index contributed by atoms with van der Waals surface area (Å²) in [5.41, 5.74) is 4.70. The second-order valence-corrected chi connectivity index (χ2v) is 15.7. The lowest BCUT2D eigenvalue weighted by molar-refractivity contribution is -0.277. The van der Waals surface area contributed by atoms with Gasteiger partial charge < -0.3 is 70.0 Å². The van der Waals surface area contributed by atoms with Gasteiger partial charge in [0.05, 0.1) is 26.1 Å². The Morgan fingerprint density at radius 3 is 1.40 bits per heavy atom. The molecule has 16 heteroatoms. The topological polar surface area (TPSA) is 273 Å². The third kappa shape index (κ3) is 10.8. The second-order valence-electron chi connectivity index (χ2n) is 15.7. The Labute approximate surface area is 357 Å². The maximum Gasteiger partial charge on any atom is 0.307 e. The van der Waals surface area contributed by atoms with Crippen molar-refractivity contribution in [2.45, 2.75) is 113 Å². The van der Waals surface area contributed by atoms with Gasteiger partial charge in [0.1, 0.15) is 60.3 Å². The summed E-state index contributed by atoms with van der Waals surface area (Å²) >= 11 is 0. The van der Waals surface area contributed by atoms with Gasteiger partial charge in [0.2, 0.25) is 12.6 Å². The first-order valence-corrected chi connectivity index (χ1v) is 20.6. The van der Waals surface area contributed by atoms with Gasteiger partial charge in [-0.3, -0.25) is 9.59 Å². The van der Waals surface area contributed by atoms with Crippen molar-refractivity contribution >= 4 is 11.9 Å². The molecule has 2 heterocycles. The van der Waals surface area contributed by atoms with Gasteiger partial charge in [0, 0.05) is 17.0 Å². The van der Waals surface area contributed by atoms with Crippen molar-refractivity contribution in [2.24, 2.45) is 0 Å². The molecule has 62 heavy (non-hydrogen) atoms. The van der Waals surface area contributed by atoms with Gasteiger partial charge in [-0.1, -0.05) is 86.8 Å². The van der Waals surface area contributed by atoms with Crippen molar-refractivity contribution in [2.75, 3.05) is 13.2 Å². The SMILES string of the molecule is CCCCCC(c1ccc(O[C@@H]2O[C@H](CO)[C@@H](O)[C@H](O)[C@@H]2O)c(-c2cccc(CC(=O)O)c2)c1)c1ccc(O[C@@H]2O[C@H](CO)[C@@H](O)[C@H](O)[C@@H]2O)c(-c2cccc(CC(=O)O)c2)c1. The number of carboxylic acids is 2. The molecule has 0 radical (unpaired) electrons. The summed E-state index contributed by atoms with van der Waals surface area (Å²) < 4.78 is 23.7. The molecule has 2 saturated heterocycles. The number of ether oxygens (including phenoxy) is 4. The van der Waals surface area contributed by atoms with Crippen LogP contribution in [0.15, 0.2) is 84.9 Å². The predicted octanol–water partition coefficient (Wildman–Crippen LogP) is 2.34. The molecule has 0 unspecified atom stereocenters. The minimum Gasteiger partial charge on any atom is -0.481 e. The number of hydrogen-bond acceptors (Lipinski definition) is 14. The molecule has 2 fully saturated rings. The van der Waals surface area contributed by atoms with E-state index in [4.69, 9.17) is 18.9 Å². The third-order valence-corrected chi connectivity index (χ3v) is 11.3. The van der Waals surface area contributed by atoms with E-state index >= 15 is 0 Å². The average molecular weight is 863 g/mol. The zero-order valence-electron chi connectivity index (χ0n) is 34.0. The van der Waals surface area contributed by atoms with Crippen LogP contribution < -0.4 is 9.47 Å². The van der Waals surface area contributed by atoms with Crippen molar-refractivity contribution in [1.29, 1.82) is 0 Å². The summed E-state index contributed by atoms with van der Waals surface area (Å²) in [4.78, 5) is 23.4. The Morgan fingerprint density at radius 1 is 0.581 bits per heavy atom. The maximum atomic E-state index is 11.7. The van der Waals surface area contributed by atoms with Gasteiger partial charge in [-0.15, -0.1) is 0 Å². The molecule has 4 aromatic carbocycles. The van der Waals surface area contributed by atoms with E-state index in [2.05, 4.69) is 6.92 Å². The smallest absolute Gasteiger partial charge is 0.307 e. The minimum atomic E-state index is -1.70. The fraction of sp³-hybridized carbons (Fsp3) is 0.435. The number of unbranched alkanes of at least 4 members (excludes halogenated alkanes) is 2. The molecule has 6 rings (SSSR count). The molecule has 334 valence electrons. The van der Waals surface area contributed by atoms with E-state index in [1.807, 2.05) is 24.3 Å². The van der Waals surface area contributed by atoms with Crippen LogP contribution in [0.2, 0.25) is 0 Å². The number of carboxylic acid groups (broad SMARTS) is 2. The molecule has 0 amide bonds. The zero-order chi connectivity index (χ0) is 44.7. The second kappa shape index (κ2) is 20.9. The molecule has 10 N–H and O–H groups in total. The standard InChI is InChI=1S/C46H54O16/c1-2-3-4-11-30(28-12-14-33(59-45-43(57)41(55)39(53)35(22-47)61-45)31(20-28)26-9-5-7-24(16-26)18-37(49)50)29-13-15-34(60-46-44(58)42(56)40(54)36(23-48)62-46)32(21-29)27-10-6-8-25(17-27)19-38(51)52/h5-10,12-17,20-21,30,35-36,39-48,53-58H,2-4,11,18-19,22-23H2,1H3,(H,49,50)(H,51,52)/t35-,36-,39-,40-,41+,42+,43+,44+,45-,46-/m1/s1. The lowest BCUT2D eigenvalue weighted by Crippen LogP contribution is -2.60. The highest BCUT2D eigenvalue weighted by Crippen LogP contribution is 2.42. The van der Waals surface area contributed by atoms with Gasteiger partial charge in [-0.25, -0.2) is 0 Å². The average Bonchev–Trinajstić information content (AvgIpc) is 3.25. The highest BCUT2D eigenvalue weighted by molar-refractivity contribution is 5.77. The molecular weight excluding hydrogens is 808 g/mol. The minimum absolute atomic E-state index is 0.192. The van der Waals surface area contributed by atoms with Crippen molar-refractivity contribution in [1.82, 2.24) is 0 Å². The Kier molecular flexibility index (Phi) is 15.7. The van der Waals surface area contributed by atoms with Crippen LogP contribution in [0.4, 0.5) is 0 Å². The third-order valence-electron chi connectivity index (χ3n) is 11.3. The number of aliphatic hydroxyl groups excluding tert-OH is 8. The van der Waals surface area contributed by atoms with E-state index < -0.39 is 86.6 Å². The number of hydrogen-bond donors (Lipinski definition) is 10. The Morgan fingerprint density at radius 2 is 1.02 bits per heavy atom. The molecule has 2 aliphatic rings. The van der Waals surface area contributed by atoms with Crippen molar-refractivity contribution < 1.29 is 79.6 Å². The molecule has 0 spiro atoms. The fourth-order valence-corrected chi connectivity index (χ4v) is 7.94. The van der Waals surface area contributed by atoms with E-state index in [0.717, 1.165) is 30.4 Å². The van der Waals surface area contributed by atoms with Crippen molar-refractivity contribution in [3.8, 4) is 33.8 Å². The first-order valence-electron chi connectivity index (χ1n) is 20.6. The molecule has 0 aliphatic carbocycles. The van der Waals surface area contributed by atoms with Crippen LogP contribution in [-0.4, -0.2) is 138 Å². The predicted molar refractivity (Wildman–Crippen MR) is 221 cm³/mol. The largest absolute Gasteiger partial charge is 0.481 e. The van der Waals surface area contributed by atoms with E-state index in [0.29, 0.717) is 39.8 Å². The Balaban J connectivity index is 1.47. The van der Waals surface area contributed by atoms with Gasteiger partial charge in [0.25, 0.3) is 0 Å². The summed E-state index contributed by atoms with van der Waals surface area (Å²) in [7, 11) is 0. The number of carbonyl (C=O) groups is 2. The van der Waals surface area contributed by atoms with Crippen LogP contribution in [0.3, 0.4) is 0 Å². The van der Waals surface area contributed by atoms with Gasteiger partial charge in [0.15, 0.2) is 0 Å². The maximum absolute atomic E-state index is 11.7. The molecule has 2 aliphatic heterocycles. The van der Waals surface area contributed by atoms with E-state index in [1.165, 1.54) is 0 Å². The fourth-order valence-electron chi connectivity index (χ4n) is 7.94. The number of rotatable bonds is 18. The van der Waals surface area contributed by atoms with Crippen LogP contribution in [-0.2, 0) is 31.9 Å². The first-order chi connectivity index (χ1) is 29.7. The van der Waals surface area contributed by atoms with Crippen molar-refractivity contribution in [3.05, 3.63) is 107 Å². The summed E-state index contributed by atoms with van der Waals surface area (Å²) in [6, 6.07) is 24.4. The highest BCUT2D eigenvalue weighted by Gasteiger charge is 2.46. The van der Waals surface area contributed by atoms with Gasteiger partial charge in [-0.05, 0) is 64.1 Å². The van der Waals surface area contributed by atoms with Crippen LogP contribution in [0.25, 0.3) is 22.3 Å². The van der Waals surface area contributed by atoms with E-state index in [-0.39, 0.29) is 30.3 Å². The molecule has 4 aromatic rings. The summed E-state index contributed by atoms with van der Waals surface area (Å²) in [5.74, 6) is -2.00. The highest BCUT2D eigenvalue weighted by atomic mass is 16.7. The molecule has 16 nitrogen and oxygen atoms in total. The molecule has 0 bridgehead atoms. The summed E-state index contributed by atoms with van der Waals surface area (Å²) in [5, 5.41) is 102. The van der Waals surface area contributed by atoms with E-state index in [9.17, 15) is 60.7 Å². The zero-order valence-corrected chi connectivity index (χ0v) is 34.0. The van der Waals surface area contributed by atoms with Crippen LogP contribution >= 0.6 is 0 Å². The van der Waals surface area contributed by atoms with Gasteiger partial charge >= 0.3 is 11.9 Å². The van der Waals surface area contributed by atoms with Crippen molar-refractivity contribution in [3.63, 3.8) is 0 Å².